The summed E-state index contributed by atoms with van der Waals surface area (Å²) in [7, 11) is 0. The number of anilines is 2. The maximum atomic E-state index is 12.5. The first-order chi connectivity index (χ1) is 14.5. The van der Waals surface area contributed by atoms with Crippen LogP contribution in [0.4, 0.5) is 11.4 Å². The van der Waals surface area contributed by atoms with E-state index in [0.29, 0.717) is 40.1 Å². The van der Waals surface area contributed by atoms with E-state index in [1.807, 2.05) is 26.0 Å². The van der Waals surface area contributed by atoms with Crippen molar-refractivity contribution in [1.29, 1.82) is 0 Å². The van der Waals surface area contributed by atoms with Crippen molar-refractivity contribution in [2.45, 2.75) is 33.6 Å². The van der Waals surface area contributed by atoms with Crippen molar-refractivity contribution in [2.75, 3.05) is 18.5 Å². The summed E-state index contributed by atoms with van der Waals surface area (Å²) < 4.78 is 10.4. The first kappa shape index (κ1) is 21.2. The molecule has 3 rings (SSSR count). The van der Waals surface area contributed by atoms with Crippen molar-refractivity contribution in [1.82, 2.24) is 9.97 Å². The highest BCUT2D eigenvalue weighted by atomic mass is 16.5. The maximum absolute atomic E-state index is 12.5. The molecule has 1 N–H and O–H groups in total. The zero-order valence-corrected chi connectivity index (χ0v) is 17.4. The predicted octanol–water partition coefficient (Wildman–Crippen LogP) is 4.82. The summed E-state index contributed by atoms with van der Waals surface area (Å²) in [6, 6.07) is 10.6. The molecular formula is C23H25N3O4. The minimum absolute atomic E-state index is 0.261. The Labute approximate surface area is 175 Å². The van der Waals surface area contributed by atoms with E-state index in [1.165, 1.54) is 6.20 Å². The van der Waals surface area contributed by atoms with Gasteiger partial charge in [0, 0.05) is 23.0 Å². The summed E-state index contributed by atoms with van der Waals surface area (Å²) in [5, 5.41) is 3.96. The molecule has 156 valence electrons. The van der Waals surface area contributed by atoms with Gasteiger partial charge in [-0.3, -0.25) is 0 Å². The highest BCUT2D eigenvalue weighted by Crippen LogP contribution is 2.29. The van der Waals surface area contributed by atoms with E-state index in [-0.39, 0.29) is 12.6 Å². The molecule has 0 saturated heterocycles. The third-order valence-electron chi connectivity index (χ3n) is 4.49. The van der Waals surface area contributed by atoms with Crippen LogP contribution in [0.1, 0.15) is 53.1 Å². The van der Waals surface area contributed by atoms with Gasteiger partial charge in [-0.05, 0) is 56.7 Å². The second-order valence-corrected chi connectivity index (χ2v) is 6.78. The van der Waals surface area contributed by atoms with Gasteiger partial charge in [0.2, 0.25) is 0 Å². The van der Waals surface area contributed by atoms with Crippen LogP contribution >= 0.6 is 0 Å². The number of unbranched alkanes of at least 4 members (excludes halogenated alkanes) is 1. The number of hydrogen-bond acceptors (Lipinski definition) is 7. The number of esters is 2. The normalized spacial score (nSPS) is 10.6. The number of rotatable bonds is 8. The fourth-order valence-electron chi connectivity index (χ4n) is 2.90. The Morgan fingerprint density at radius 3 is 2.47 bits per heavy atom. The van der Waals surface area contributed by atoms with Gasteiger partial charge in [0.15, 0.2) is 5.65 Å². The van der Waals surface area contributed by atoms with Gasteiger partial charge in [-0.2, -0.15) is 0 Å². The third-order valence-corrected chi connectivity index (χ3v) is 4.49. The van der Waals surface area contributed by atoms with Crippen LogP contribution in [0.3, 0.4) is 0 Å². The van der Waals surface area contributed by atoms with E-state index >= 15 is 0 Å². The van der Waals surface area contributed by atoms with Crippen molar-refractivity contribution in [3.8, 4) is 0 Å². The molecule has 7 heteroatoms. The summed E-state index contributed by atoms with van der Waals surface area (Å²) in [5.41, 5.74) is 3.41. The number of pyridine rings is 2. The number of aryl methyl sites for hydroxylation is 1. The topological polar surface area (TPSA) is 90.4 Å². The molecule has 0 spiro atoms. The molecule has 0 aliphatic heterocycles. The molecule has 7 nitrogen and oxygen atoms in total. The number of benzene rings is 1. The zero-order chi connectivity index (χ0) is 21.5. The predicted molar refractivity (Wildman–Crippen MR) is 115 cm³/mol. The van der Waals surface area contributed by atoms with Crippen LogP contribution in [0.5, 0.6) is 0 Å². The number of ether oxygens (including phenoxy) is 2. The molecule has 2 heterocycles. The van der Waals surface area contributed by atoms with Gasteiger partial charge in [0.25, 0.3) is 0 Å². The minimum Gasteiger partial charge on any atom is -0.462 e. The van der Waals surface area contributed by atoms with Crippen molar-refractivity contribution in [2.24, 2.45) is 0 Å². The standard InChI is InChI=1S/C23H25N3O4/c1-4-6-13-30-22(27)16-8-10-17(11-9-16)26-20-18-12-7-15(3)25-21(18)24-14-19(20)23(28)29-5-2/h7-12,14H,4-6,13H2,1-3H3,(H,24,25,26). The summed E-state index contributed by atoms with van der Waals surface area (Å²) >= 11 is 0. The van der Waals surface area contributed by atoms with Gasteiger partial charge >= 0.3 is 11.9 Å². The Kier molecular flexibility index (Phi) is 6.95. The SMILES string of the molecule is CCCCOC(=O)c1ccc(Nc2c(C(=O)OCC)cnc3nc(C)ccc23)cc1. The average Bonchev–Trinajstić information content (AvgIpc) is 2.74. The highest BCUT2D eigenvalue weighted by Gasteiger charge is 2.18. The van der Waals surface area contributed by atoms with E-state index < -0.39 is 5.97 Å². The number of nitrogens with zero attached hydrogens (tertiary/aromatic N) is 2. The van der Waals surface area contributed by atoms with E-state index in [0.717, 1.165) is 18.5 Å². The highest BCUT2D eigenvalue weighted by molar-refractivity contribution is 6.05. The fourth-order valence-corrected chi connectivity index (χ4v) is 2.90. The number of nitrogens with one attached hydrogen (secondary N) is 1. The Balaban J connectivity index is 1.91. The van der Waals surface area contributed by atoms with Crippen molar-refractivity contribution in [3.05, 3.63) is 59.4 Å². The van der Waals surface area contributed by atoms with Crippen LogP contribution in [0, 0.1) is 6.92 Å². The van der Waals surface area contributed by atoms with E-state index in [1.54, 1.807) is 31.2 Å². The van der Waals surface area contributed by atoms with Gasteiger partial charge in [0.05, 0.1) is 24.5 Å². The molecule has 0 amide bonds. The molecule has 2 aromatic heterocycles. The number of carbonyl (C=O) groups excluding carboxylic acids is 2. The lowest BCUT2D eigenvalue weighted by molar-refractivity contribution is 0.0497. The summed E-state index contributed by atoms with van der Waals surface area (Å²) in [6.45, 7) is 6.35. The number of carbonyl (C=O) groups is 2. The summed E-state index contributed by atoms with van der Waals surface area (Å²) in [5.74, 6) is -0.817. The summed E-state index contributed by atoms with van der Waals surface area (Å²) in [4.78, 5) is 33.3. The van der Waals surface area contributed by atoms with Gasteiger partial charge in [0.1, 0.15) is 5.56 Å². The quantitative estimate of drug-likeness (QED) is 0.423. The number of fused-ring (bicyclic) bond motifs is 1. The molecule has 0 radical (unpaired) electrons. The molecular weight excluding hydrogens is 382 g/mol. The molecule has 0 bridgehead atoms. The van der Waals surface area contributed by atoms with Crippen LogP contribution in [-0.4, -0.2) is 35.1 Å². The maximum Gasteiger partial charge on any atom is 0.341 e. The van der Waals surface area contributed by atoms with Gasteiger partial charge in [-0.1, -0.05) is 13.3 Å². The Hall–Kier alpha value is -3.48. The van der Waals surface area contributed by atoms with Crippen molar-refractivity contribution in [3.63, 3.8) is 0 Å². The van der Waals surface area contributed by atoms with Gasteiger partial charge in [-0.15, -0.1) is 0 Å². The number of hydrogen-bond donors (Lipinski definition) is 1. The molecule has 3 aromatic rings. The van der Waals surface area contributed by atoms with Crippen LogP contribution in [0.25, 0.3) is 11.0 Å². The lowest BCUT2D eigenvalue weighted by atomic mass is 10.1. The first-order valence-electron chi connectivity index (χ1n) is 10.0. The van der Waals surface area contributed by atoms with Crippen LogP contribution < -0.4 is 5.32 Å². The Morgan fingerprint density at radius 1 is 1.00 bits per heavy atom. The summed E-state index contributed by atoms with van der Waals surface area (Å²) in [6.07, 6.45) is 3.27. The van der Waals surface area contributed by atoms with E-state index in [4.69, 9.17) is 9.47 Å². The zero-order valence-electron chi connectivity index (χ0n) is 17.4. The Bertz CT molecular complexity index is 1050. The van der Waals surface area contributed by atoms with E-state index in [2.05, 4.69) is 15.3 Å². The molecule has 0 aliphatic rings. The monoisotopic (exact) mass is 407 g/mol. The van der Waals surface area contributed by atoms with Crippen molar-refractivity contribution >= 4 is 34.3 Å². The minimum atomic E-state index is -0.467. The van der Waals surface area contributed by atoms with Gasteiger partial charge in [-0.25, -0.2) is 19.6 Å². The fraction of sp³-hybridized carbons (Fsp3) is 0.304. The average molecular weight is 407 g/mol. The largest absolute Gasteiger partial charge is 0.462 e. The Morgan fingerprint density at radius 2 is 1.77 bits per heavy atom. The van der Waals surface area contributed by atoms with E-state index in [9.17, 15) is 9.59 Å². The van der Waals surface area contributed by atoms with Crippen LogP contribution in [0.15, 0.2) is 42.6 Å². The molecule has 0 saturated carbocycles. The second kappa shape index (κ2) is 9.82. The first-order valence-corrected chi connectivity index (χ1v) is 10.0. The lowest BCUT2D eigenvalue weighted by Crippen LogP contribution is -2.10. The number of aromatic nitrogens is 2. The van der Waals surface area contributed by atoms with Crippen LogP contribution in [-0.2, 0) is 9.47 Å². The molecule has 1 aromatic carbocycles. The molecule has 0 atom stereocenters. The smallest absolute Gasteiger partial charge is 0.341 e. The molecule has 0 unspecified atom stereocenters. The molecule has 30 heavy (non-hydrogen) atoms. The van der Waals surface area contributed by atoms with Gasteiger partial charge < -0.3 is 14.8 Å². The second-order valence-electron chi connectivity index (χ2n) is 6.78. The lowest BCUT2D eigenvalue weighted by Gasteiger charge is -2.14. The van der Waals surface area contributed by atoms with Crippen LogP contribution in [0.2, 0.25) is 0 Å². The molecule has 0 aliphatic carbocycles. The molecule has 0 fully saturated rings. The third kappa shape index (κ3) is 4.92. The van der Waals surface area contributed by atoms with Crippen molar-refractivity contribution < 1.29 is 19.1 Å².